The van der Waals surface area contributed by atoms with Crippen molar-refractivity contribution in [2.75, 3.05) is 13.1 Å². The van der Waals surface area contributed by atoms with E-state index in [9.17, 15) is 14.0 Å². The van der Waals surface area contributed by atoms with Crippen molar-refractivity contribution in [2.24, 2.45) is 0 Å². The zero-order valence-electron chi connectivity index (χ0n) is 14.1. The Morgan fingerprint density at radius 1 is 0.960 bits per heavy atom. The molecule has 0 saturated carbocycles. The van der Waals surface area contributed by atoms with Crippen LogP contribution >= 0.6 is 0 Å². The second kappa shape index (κ2) is 9.42. The molecule has 3 amide bonds. The molecule has 0 radical (unpaired) electrons. The van der Waals surface area contributed by atoms with E-state index in [1.807, 2.05) is 13.0 Å². The number of rotatable bonds is 7. The molecule has 3 N–H and O–H groups in total. The highest BCUT2D eigenvalue weighted by Crippen LogP contribution is 2.08. The van der Waals surface area contributed by atoms with Gasteiger partial charge in [0.15, 0.2) is 0 Å². The quantitative estimate of drug-likeness (QED) is 0.676. The minimum absolute atomic E-state index is 0.185. The van der Waals surface area contributed by atoms with Crippen LogP contribution < -0.4 is 16.0 Å². The van der Waals surface area contributed by atoms with E-state index in [1.54, 1.807) is 42.5 Å². The van der Waals surface area contributed by atoms with Crippen molar-refractivity contribution in [1.82, 2.24) is 16.0 Å². The first-order valence-electron chi connectivity index (χ1n) is 8.17. The van der Waals surface area contributed by atoms with Crippen molar-refractivity contribution in [3.63, 3.8) is 0 Å². The average Bonchev–Trinajstić information content (AvgIpc) is 2.61. The van der Waals surface area contributed by atoms with Gasteiger partial charge in [0.2, 0.25) is 0 Å². The van der Waals surface area contributed by atoms with Gasteiger partial charge in [-0.3, -0.25) is 4.79 Å². The fraction of sp³-hybridized carbons (Fsp3) is 0.263. The standard InChI is InChI=1S/C19H22FN3O2/c1-14(13-16-9-5-6-10-17(16)20)23-19(25)22-12-11-21-18(24)15-7-3-2-4-8-15/h2-10,14H,11-13H2,1H3,(H,21,24)(H2,22,23,25)/t14-/m1/s1. The third-order valence-electron chi connectivity index (χ3n) is 3.59. The van der Waals surface area contributed by atoms with Crippen molar-refractivity contribution in [1.29, 1.82) is 0 Å². The maximum Gasteiger partial charge on any atom is 0.315 e. The highest BCUT2D eigenvalue weighted by Gasteiger charge is 2.10. The number of nitrogens with one attached hydrogen (secondary N) is 3. The molecule has 0 aliphatic rings. The summed E-state index contributed by atoms with van der Waals surface area (Å²) in [7, 11) is 0. The SMILES string of the molecule is C[C@H](Cc1ccccc1F)NC(=O)NCCNC(=O)c1ccccc1. The van der Waals surface area contributed by atoms with Gasteiger partial charge in [-0.2, -0.15) is 0 Å². The summed E-state index contributed by atoms with van der Waals surface area (Å²) in [5, 5.41) is 8.13. The van der Waals surface area contributed by atoms with Gasteiger partial charge in [0.25, 0.3) is 5.91 Å². The first kappa shape index (κ1) is 18.4. The van der Waals surface area contributed by atoms with E-state index < -0.39 is 0 Å². The van der Waals surface area contributed by atoms with Crippen molar-refractivity contribution in [2.45, 2.75) is 19.4 Å². The summed E-state index contributed by atoms with van der Waals surface area (Å²) in [6.45, 7) is 2.43. The second-order valence-electron chi connectivity index (χ2n) is 5.72. The lowest BCUT2D eigenvalue weighted by Gasteiger charge is -2.15. The fourth-order valence-electron chi connectivity index (χ4n) is 2.36. The molecule has 0 heterocycles. The van der Waals surface area contributed by atoms with E-state index in [2.05, 4.69) is 16.0 Å². The van der Waals surface area contributed by atoms with Crippen LogP contribution in [0.1, 0.15) is 22.8 Å². The molecule has 0 fully saturated rings. The van der Waals surface area contributed by atoms with Crippen molar-refractivity contribution in [3.8, 4) is 0 Å². The van der Waals surface area contributed by atoms with Crippen LogP contribution in [-0.2, 0) is 6.42 Å². The van der Waals surface area contributed by atoms with E-state index in [1.165, 1.54) is 6.07 Å². The third-order valence-corrected chi connectivity index (χ3v) is 3.59. The van der Waals surface area contributed by atoms with Gasteiger partial charge in [-0.25, -0.2) is 9.18 Å². The Morgan fingerprint density at radius 2 is 1.60 bits per heavy atom. The molecule has 0 aliphatic carbocycles. The zero-order chi connectivity index (χ0) is 18.1. The predicted molar refractivity (Wildman–Crippen MR) is 94.9 cm³/mol. The van der Waals surface area contributed by atoms with Gasteiger partial charge in [-0.1, -0.05) is 36.4 Å². The average molecular weight is 343 g/mol. The molecule has 1 atom stereocenters. The molecule has 2 aromatic rings. The molecule has 6 heteroatoms. The number of hydrogen-bond donors (Lipinski definition) is 3. The number of carbonyl (C=O) groups excluding carboxylic acids is 2. The Bertz CT molecular complexity index is 707. The van der Waals surface area contributed by atoms with Crippen molar-refractivity contribution >= 4 is 11.9 Å². The summed E-state index contributed by atoms with van der Waals surface area (Å²) in [5.74, 6) is -0.462. The van der Waals surface area contributed by atoms with Gasteiger partial charge in [0, 0.05) is 24.7 Å². The number of carbonyl (C=O) groups is 2. The molecule has 0 aromatic heterocycles. The van der Waals surface area contributed by atoms with Gasteiger partial charge >= 0.3 is 6.03 Å². The van der Waals surface area contributed by atoms with Crippen LogP contribution in [0.25, 0.3) is 0 Å². The summed E-state index contributed by atoms with van der Waals surface area (Å²) in [4.78, 5) is 23.6. The van der Waals surface area contributed by atoms with Crippen molar-refractivity contribution in [3.05, 3.63) is 71.5 Å². The largest absolute Gasteiger partial charge is 0.350 e. The zero-order valence-corrected chi connectivity index (χ0v) is 14.1. The molecule has 0 spiro atoms. The van der Waals surface area contributed by atoms with Gasteiger partial charge in [0.1, 0.15) is 5.82 Å². The lowest BCUT2D eigenvalue weighted by atomic mass is 10.1. The monoisotopic (exact) mass is 343 g/mol. The van der Waals surface area contributed by atoms with Crippen LogP contribution in [0.2, 0.25) is 0 Å². The maximum atomic E-state index is 13.6. The van der Waals surface area contributed by atoms with Crippen LogP contribution in [0.15, 0.2) is 54.6 Å². The van der Waals surface area contributed by atoms with Crippen LogP contribution in [0.5, 0.6) is 0 Å². The van der Waals surface area contributed by atoms with E-state index >= 15 is 0 Å². The normalized spacial score (nSPS) is 11.4. The fourth-order valence-corrected chi connectivity index (χ4v) is 2.36. The van der Waals surface area contributed by atoms with Crippen LogP contribution in [0.3, 0.4) is 0 Å². The topological polar surface area (TPSA) is 70.2 Å². The van der Waals surface area contributed by atoms with E-state index in [4.69, 9.17) is 0 Å². The minimum Gasteiger partial charge on any atom is -0.350 e. The molecule has 0 aliphatic heterocycles. The van der Waals surface area contributed by atoms with Gasteiger partial charge in [-0.05, 0) is 37.1 Å². The number of halogens is 1. The molecule has 25 heavy (non-hydrogen) atoms. The first-order valence-corrected chi connectivity index (χ1v) is 8.17. The molecule has 5 nitrogen and oxygen atoms in total. The predicted octanol–water partition coefficient (Wildman–Crippen LogP) is 2.49. The van der Waals surface area contributed by atoms with Crippen LogP contribution in [0, 0.1) is 5.82 Å². The van der Waals surface area contributed by atoms with E-state index in [0.717, 1.165) is 0 Å². The Kier molecular flexibility index (Phi) is 6.95. The summed E-state index contributed by atoms with van der Waals surface area (Å²) in [6, 6.07) is 14.8. The molecule has 2 rings (SSSR count). The molecular weight excluding hydrogens is 321 g/mol. The molecule has 2 aromatic carbocycles. The Labute approximate surface area is 146 Å². The van der Waals surface area contributed by atoms with Gasteiger partial charge in [-0.15, -0.1) is 0 Å². The lowest BCUT2D eigenvalue weighted by molar-refractivity contribution is 0.0954. The Morgan fingerprint density at radius 3 is 2.32 bits per heavy atom. The summed E-state index contributed by atoms with van der Waals surface area (Å²) >= 11 is 0. The van der Waals surface area contributed by atoms with Gasteiger partial charge < -0.3 is 16.0 Å². The first-order chi connectivity index (χ1) is 12.1. The van der Waals surface area contributed by atoms with E-state index in [0.29, 0.717) is 30.6 Å². The molecule has 0 saturated heterocycles. The third kappa shape index (κ3) is 6.25. The molecule has 0 unspecified atom stereocenters. The number of amides is 3. The maximum absolute atomic E-state index is 13.6. The molecule has 132 valence electrons. The highest BCUT2D eigenvalue weighted by molar-refractivity contribution is 5.94. The lowest BCUT2D eigenvalue weighted by Crippen LogP contribution is -2.44. The van der Waals surface area contributed by atoms with Gasteiger partial charge in [0.05, 0.1) is 0 Å². The Hall–Kier alpha value is -2.89. The highest BCUT2D eigenvalue weighted by atomic mass is 19.1. The number of benzene rings is 2. The summed E-state index contributed by atoms with van der Waals surface area (Å²) < 4.78 is 13.6. The number of urea groups is 1. The smallest absolute Gasteiger partial charge is 0.315 e. The summed E-state index contributed by atoms with van der Waals surface area (Å²) in [5.41, 5.74) is 1.14. The molecule has 0 bridgehead atoms. The van der Waals surface area contributed by atoms with Crippen LogP contribution in [0.4, 0.5) is 9.18 Å². The molecular formula is C19H22FN3O2. The van der Waals surface area contributed by atoms with Crippen LogP contribution in [-0.4, -0.2) is 31.1 Å². The summed E-state index contributed by atoms with van der Waals surface area (Å²) in [6.07, 6.45) is 0.408. The number of hydrogen-bond acceptors (Lipinski definition) is 2. The van der Waals surface area contributed by atoms with E-state index in [-0.39, 0.29) is 23.8 Å². The van der Waals surface area contributed by atoms with Crippen molar-refractivity contribution < 1.29 is 14.0 Å². The Balaban J connectivity index is 1.65. The minimum atomic E-state index is -0.349. The second-order valence-corrected chi connectivity index (χ2v) is 5.72.